The summed E-state index contributed by atoms with van der Waals surface area (Å²) in [7, 11) is 0. The Hall–Kier alpha value is -3.67. The molecular formula is C21H18N4O2. The smallest absolute Gasteiger partial charge is 0.270 e. The lowest BCUT2D eigenvalue weighted by Crippen LogP contribution is -2.25. The van der Waals surface area contributed by atoms with Crippen molar-refractivity contribution < 1.29 is 9.21 Å². The number of furan rings is 1. The van der Waals surface area contributed by atoms with Crippen molar-refractivity contribution in [3.63, 3.8) is 0 Å². The Morgan fingerprint density at radius 2 is 1.93 bits per heavy atom. The van der Waals surface area contributed by atoms with Gasteiger partial charge in [0, 0.05) is 11.8 Å². The summed E-state index contributed by atoms with van der Waals surface area (Å²) in [4.78, 5) is 17.3. The van der Waals surface area contributed by atoms with Crippen LogP contribution in [0.2, 0.25) is 0 Å². The fraction of sp³-hybridized carbons (Fsp3) is 0.0952. The van der Waals surface area contributed by atoms with Gasteiger partial charge in [-0.25, -0.2) is 4.68 Å². The molecule has 1 amide bonds. The highest BCUT2D eigenvalue weighted by Gasteiger charge is 2.18. The lowest BCUT2D eigenvalue weighted by atomic mass is 10.2. The molecule has 0 saturated heterocycles. The molecule has 0 unspecified atom stereocenters. The van der Waals surface area contributed by atoms with Gasteiger partial charge in [-0.05, 0) is 43.3 Å². The fourth-order valence-electron chi connectivity index (χ4n) is 2.81. The Bertz CT molecular complexity index is 1050. The normalized spacial score (nSPS) is 10.7. The number of rotatable bonds is 5. The first-order chi connectivity index (χ1) is 13.2. The predicted octanol–water partition coefficient (Wildman–Crippen LogP) is 3.77. The first kappa shape index (κ1) is 16.8. The minimum atomic E-state index is -0.229. The van der Waals surface area contributed by atoms with Gasteiger partial charge in [0.05, 0.1) is 24.2 Å². The highest BCUT2D eigenvalue weighted by atomic mass is 16.3. The molecule has 0 atom stereocenters. The van der Waals surface area contributed by atoms with Gasteiger partial charge >= 0.3 is 0 Å². The third-order valence-electron chi connectivity index (χ3n) is 4.09. The molecule has 0 fully saturated rings. The van der Waals surface area contributed by atoms with Crippen molar-refractivity contribution in [1.82, 2.24) is 20.1 Å². The minimum Gasteiger partial charge on any atom is -0.463 e. The molecule has 0 aliphatic rings. The van der Waals surface area contributed by atoms with Crippen molar-refractivity contribution in [2.24, 2.45) is 0 Å². The number of carbonyl (C=O) groups is 1. The molecule has 1 aromatic carbocycles. The number of amides is 1. The highest BCUT2D eigenvalue weighted by Crippen LogP contribution is 2.22. The summed E-state index contributed by atoms with van der Waals surface area (Å²) in [6, 6.07) is 20.6. The maximum Gasteiger partial charge on any atom is 0.270 e. The van der Waals surface area contributed by atoms with Crippen LogP contribution in [0.25, 0.3) is 17.1 Å². The number of carbonyl (C=O) groups excluding carboxylic acids is 1. The van der Waals surface area contributed by atoms with Crippen molar-refractivity contribution in [3.8, 4) is 17.1 Å². The van der Waals surface area contributed by atoms with E-state index in [-0.39, 0.29) is 5.91 Å². The van der Waals surface area contributed by atoms with Crippen molar-refractivity contribution in [3.05, 3.63) is 90.1 Å². The van der Waals surface area contributed by atoms with Gasteiger partial charge in [0.15, 0.2) is 5.76 Å². The monoisotopic (exact) mass is 358 g/mol. The number of hydrogen-bond acceptors (Lipinski definition) is 4. The minimum absolute atomic E-state index is 0.229. The maximum absolute atomic E-state index is 12.8. The molecule has 134 valence electrons. The number of hydrogen-bond donors (Lipinski definition) is 1. The van der Waals surface area contributed by atoms with Crippen molar-refractivity contribution >= 4 is 5.91 Å². The second-order valence-corrected chi connectivity index (χ2v) is 6.09. The third kappa shape index (κ3) is 3.64. The molecule has 1 N–H and O–H groups in total. The lowest BCUT2D eigenvalue weighted by molar-refractivity contribution is 0.0942. The number of para-hydroxylation sites is 1. The molecule has 0 bridgehead atoms. The van der Waals surface area contributed by atoms with Crippen LogP contribution in [0, 0.1) is 6.92 Å². The van der Waals surface area contributed by atoms with Gasteiger partial charge in [0.25, 0.3) is 5.91 Å². The standard InChI is InChI=1S/C21H18N4O2/c1-15-7-5-8-16(23-15)14-22-21(26)19-13-18(20-11-6-12-27-20)24-25(19)17-9-3-2-4-10-17/h2-13H,14H2,1H3,(H,22,26). The van der Waals surface area contributed by atoms with Crippen molar-refractivity contribution in [2.45, 2.75) is 13.5 Å². The fourth-order valence-corrected chi connectivity index (χ4v) is 2.81. The molecule has 6 heteroatoms. The van der Waals surface area contributed by atoms with E-state index < -0.39 is 0 Å². The molecule has 0 spiro atoms. The van der Waals surface area contributed by atoms with E-state index in [1.165, 1.54) is 0 Å². The Labute approximate surface area is 156 Å². The van der Waals surface area contributed by atoms with E-state index in [0.717, 1.165) is 17.1 Å². The summed E-state index contributed by atoms with van der Waals surface area (Å²) >= 11 is 0. The Morgan fingerprint density at radius 3 is 2.67 bits per heavy atom. The highest BCUT2D eigenvalue weighted by molar-refractivity contribution is 5.94. The average molecular weight is 358 g/mol. The van der Waals surface area contributed by atoms with Gasteiger partial charge in [-0.2, -0.15) is 5.10 Å². The Balaban J connectivity index is 1.65. The first-order valence-electron chi connectivity index (χ1n) is 8.61. The van der Waals surface area contributed by atoms with Crippen LogP contribution in [0.3, 0.4) is 0 Å². The van der Waals surface area contributed by atoms with Gasteiger partial charge in [-0.15, -0.1) is 0 Å². The predicted molar refractivity (Wildman–Crippen MR) is 101 cm³/mol. The van der Waals surface area contributed by atoms with Crippen LogP contribution < -0.4 is 5.32 Å². The summed E-state index contributed by atoms with van der Waals surface area (Å²) in [5.41, 5.74) is 3.55. The number of benzene rings is 1. The van der Waals surface area contributed by atoms with Gasteiger partial charge in [0.2, 0.25) is 0 Å². The first-order valence-corrected chi connectivity index (χ1v) is 8.61. The second kappa shape index (κ2) is 7.29. The van der Waals surface area contributed by atoms with E-state index in [0.29, 0.717) is 23.7 Å². The Kier molecular flexibility index (Phi) is 4.53. The van der Waals surface area contributed by atoms with E-state index >= 15 is 0 Å². The van der Waals surface area contributed by atoms with E-state index in [2.05, 4.69) is 15.4 Å². The number of aryl methyl sites for hydroxylation is 1. The molecule has 0 radical (unpaired) electrons. The zero-order valence-corrected chi connectivity index (χ0v) is 14.8. The van der Waals surface area contributed by atoms with Crippen LogP contribution >= 0.6 is 0 Å². The zero-order valence-electron chi connectivity index (χ0n) is 14.8. The molecule has 0 saturated carbocycles. The molecule has 0 aliphatic carbocycles. The van der Waals surface area contributed by atoms with E-state index in [9.17, 15) is 4.79 Å². The van der Waals surface area contributed by atoms with Crippen molar-refractivity contribution in [2.75, 3.05) is 0 Å². The SMILES string of the molecule is Cc1cccc(CNC(=O)c2cc(-c3ccco3)nn2-c2ccccc2)n1. The summed E-state index contributed by atoms with van der Waals surface area (Å²) < 4.78 is 7.05. The van der Waals surface area contributed by atoms with Gasteiger partial charge in [-0.1, -0.05) is 24.3 Å². The topological polar surface area (TPSA) is 73.0 Å². The van der Waals surface area contributed by atoms with Gasteiger partial charge in [0.1, 0.15) is 11.4 Å². The van der Waals surface area contributed by atoms with Gasteiger partial charge in [-0.3, -0.25) is 9.78 Å². The van der Waals surface area contributed by atoms with Crippen LogP contribution in [-0.2, 0) is 6.54 Å². The number of pyridine rings is 1. The van der Waals surface area contributed by atoms with E-state index in [4.69, 9.17) is 4.42 Å². The molecule has 3 heterocycles. The number of nitrogens with one attached hydrogen (secondary N) is 1. The number of nitrogens with zero attached hydrogens (tertiary/aromatic N) is 3. The van der Waals surface area contributed by atoms with E-state index in [1.807, 2.05) is 61.5 Å². The van der Waals surface area contributed by atoms with Gasteiger partial charge < -0.3 is 9.73 Å². The summed E-state index contributed by atoms with van der Waals surface area (Å²) in [6.07, 6.45) is 1.58. The lowest BCUT2D eigenvalue weighted by Gasteiger charge is -2.08. The maximum atomic E-state index is 12.8. The summed E-state index contributed by atoms with van der Waals surface area (Å²) in [5, 5.41) is 7.48. The van der Waals surface area contributed by atoms with E-state index in [1.54, 1.807) is 23.1 Å². The molecule has 3 aromatic heterocycles. The van der Waals surface area contributed by atoms with Crippen LogP contribution in [0.5, 0.6) is 0 Å². The molecule has 27 heavy (non-hydrogen) atoms. The molecule has 0 aliphatic heterocycles. The third-order valence-corrected chi connectivity index (χ3v) is 4.09. The van der Waals surface area contributed by atoms with Crippen molar-refractivity contribution in [1.29, 1.82) is 0 Å². The summed E-state index contributed by atoms with van der Waals surface area (Å²) in [5.74, 6) is 0.381. The Morgan fingerprint density at radius 1 is 1.07 bits per heavy atom. The zero-order chi connectivity index (χ0) is 18.6. The molecule has 4 rings (SSSR count). The number of aromatic nitrogens is 3. The summed E-state index contributed by atoms with van der Waals surface area (Å²) in [6.45, 7) is 2.27. The second-order valence-electron chi connectivity index (χ2n) is 6.09. The largest absolute Gasteiger partial charge is 0.463 e. The molecule has 6 nitrogen and oxygen atoms in total. The quantitative estimate of drug-likeness (QED) is 0.589. The molecule has 4 aromatic rings. The average Bonchev–Trinajstić information content (AvgIpc) is 3.36. The van der Waals surface area contributed by atoms with Crippen LogP contribution in [0.4, 0.5) is 0 Å². The van der Waals surface area contributed by atoms with Crippen LogP contribution in [-0.4, -0.2) is 20.7 Å². The van der Waals surface area contributed by atoms with Crippen LogP contribution in [0.15, 0.2) is 77.4 Å². The van der Waals surface area contributed by atoms with Crippen LogP contribution in [0.1, 0.15) is 21.9 Å². The molecular weight excluding hydrogens is 340 g/mol.